The smallest absolute Gasteiger partial charge is 0.387 e. The Labute approximate surface area is 269 Å². The molecular weight excluding hydrogens is 612 g/mol. The van der Waals surface area contributed by atoms with Gasteiger partial charge in [-0.25, -0.2) is 14.8 Å². The van der Waals surface area contributed by atoms with Gasteiger partial charge in [0.15, 0.2) is 0 Å². The second-order valence-corrected chi connectivity index (χ2v) is 12.3. The zero-order chi connectivity index (χ0) is 33.4. The molecule has 47 heavy (non-hydrogen) atoms. The zero-order valence-corrected chi connectivity index (χ0v) is 26.7. The molecule has 2 fully saturated rings. The molecule has 2 saturated heterocycles. The van der Waals surface area contributed by atoms with Crippen LogP contribution < -0.4 is 20.5 Å². The van der Waals surface area contributed by atoms with E-state index < -0.39 is 6.61 Å². The standard InChI is InChI=1S/C33H37F2N7O5/c1-19(2)20(3)30(44)46-18-21-5-8-28(47-31(34)35)23(11-21)16-42-27-12-22(6-7-26(27)29(43)39(42)4)24-13-36-32(37-14-24)40-9-10-41-25(17-40)15-38-33(41)45/h5-8,11-14,19-20,25,31H,9-10,15-18H2,1-4H3,(H,38,45)/t20-,25+/m0/s1. The van der Waals surface area contributed by atoms with Crippen molar-refractivity contribution in [3.05, 3.63) is 70.3 Å². The van der Waals surface area contributed by atoms with Crippen molar-refractivity contribution in [2.75, 3.05) is 31.1 Å². The van der Waals surface area contributed by atoms with Gasteiger partial charge >= 0.3 is 18.6 Å². The maximum Gasteiger partial charge on any atom is 0.387 e. The van der Waals surface area contributed by atoms with Crippen molar-refractivity contribution in [3.8, 4) is 16.9 Å². The average Bonchev–Trinajstić information content (AvgIpc) is 3.55. The van der Waals surface area contributed by atoms with Gasteiger partial charge < -0.3 is 24.6 Å². The maximum atomic E-state index is 13.4. The van der Waals surface area contributed by atoms with Crippen LogP contribution in [0, 0.1) is 11.8 Å². The Hall–Kier alpha value is -5.01. The molecule has 12 nitrogen and oxygen atoms in total. The SMILES string of the molecule is CC(C)[C@H](C)C(=O)OCc1ccc(OC(F)F)c(Cn2c3cc(-c4cnc(N5CCN6C(=O)NC[C@@H]6C5)nc4)ccc3c(=O)n2C)c1. The number of hydrogen-bond donors (Lipinski definition) is 1. The van der Waals surface area contributed by atoms with E-state index in [2.05, 4.69) is 20.2 Å². The number of rotatable bonds is 10. The fourth-order valence-electron chi connectivity index (χ4n) is 5.94. The van der Waals surface area contributed by atoms with Crippen LogP contribution in [0.5, 0.6) is 5.75 Å². The van der Waals surface area contributed by atoms with E-state index in [0.717, 1.165) is 11.1 Å². The summed E-state index contributed by atoms with van der Waals surface area (Å²) in [5.41, 5.74) is 2.82. The van der Waals surface area contributed by atoms with Gasteiger partial charge in [-0.1, -0.05) is 32.9 Å². The Balaban J connectivity index is 1.27. The molecule has 2 amide bonds. The van der Waals surface area contributed by atoms with Gasteiger partial charge in [0.05, 0.1) is 29.4 Å². The van der Waals surface area contributed by atoms with Crippen LogP contribution >= 0.6 is 0 Å². The van der Waals surface area contributed by atoms with Crippen molar-refractivity contribution in [3.63, 3.8) is 0 Å². The van der Waals surface area contributed by atoms with Gasteiger partial charge in [-0.15, -0.1) is 0 Å². The number of urea groups is 1. The number of carbonyl (C=O) groups is 2. The van der Waals surface area contributed by atoms with Crippen molar-refractivity contribution in [1.82, 2.24) is 29.5 Å². The molecule has 1 N–H and O–H groups in total. The molecule has 2 atom stereocenters. The Morgan fingerprint density at radius 3 is 2.53 bits per heavy atom. The normalized spacial score (nSPS) is 16.9. The van der Waals surface area contributed by atoms with Crippen LogP contribution in [0.1, 0.15) is 31.9 Å². The number of fused-ring (bicyclic) bond motifs is 2. The summed E-state index contributed by atoms with van der Waals surface area (Å²) < 4.78 is 40.2. The number of amides is 2. The number of piperazine rings is 1. The van der Waals surface area contributed by atoms with Crippen LogP contribution in [0.15, 0.2) is 53.6 Å². The van der Waals surface area contributed by atoms with Crippen molar-refractivity contribution < 1.29 is 27.8 Å². The summed E-state index contributed by atoms with van der Waals surface area (Å²) in [7, 11) is 1.61. The van der Waals surface area contributed by atoms with Gasteiger partial charge in [0.1, 0.15) is 12.4 Å². The molecule has 248 valence electrons. The number of alkyl halides is 2. The van der Waals surface area contributed by atoms with Crippen molar-refractivity contribution >= 4 is 28.9 Å². The van der Waals surface area contributed by atoms with E-state index >= 15 is 0 Å². The first-order valence-corrected chi connectivity index (χ1v) is 15.5. The molecule has 6 rings (SSSR count). The van der Waals surface area contributed by atoms with Crippen LogP contribution in [0.2, 0.25) is 0 Å². The lowest BCUT2D eigenvalue weighted by atomic mass is 9.98. The first kappa shape index (κ1) is 32.0. The quantitative estimate of drug-likeness (QED) is 0.256. The summed E-state index contributed by atoms with van der Waals surface area (Å²) >= 11 is 0. The number of halogens is 2. The number of aromatic nitrogens is 4. The molecule has 2 aromatic carbocycles. The second kappa shape index (κ2) is 13.0. The molecule has 2 aromatic heterocycles. The molecule has 0 radical (unpaired) electrons. The van der Waals surface area contributed by atoms with E-state index in [0.29, 0.717) is 54.2 Å². The molecule has 2 aliphatic heterocycles. The Bertz CT molecular complexity index is 1860. The summed E-state index contributed by atoms with van der Waals surface area (Å²) in [5.74, 6) is -0.00127. The van der Waals surface area contributed by atoms with Gasteiger partial charge in [0, 0.05) is 56.7 Å². The summed E-state index contributed by atoms with van der Waals surface area (Å²) in [5, 5.41) is 3.32. The number of ether oxygens (including phenoxy) is 2. The predicted molar refractivity (Wildman–Crippen MR) is 170 cm³/mol. The third-order valence-corrected chi connectivity index (χ3v) is 9.06. The van der Waals surface area contributed by atoms with Gasteiger partial charge in [0.25, 0.3) is 5.56 Å². The molecular formula is C33H37F2N7O5. The number of nitrogens with one attached hydrogen (secondary N) is 1. The first-order chi connectivity index (χ1) is 22.5. The minimum absolute atomic E-state index is 0.0326. The fraction of sp³-hybridized carbons (Fsp3) is 0.424. The van der Waals surface area contributed by atoms with E-state index in [1.165, 1.54) is 10.7 Å². The lowest BCUT2D eigenvalue weighted by Gasteiger charge is -2.36. The van der Waals surface area contributed by atoms with Gasteiger partial charge in [-0.05, 0) is 41.3 Å². The monoisotopic (exact) mass is 649 g/mol. The number of anilines is 1. The molecule has 4 heterocycles. The highest BCUT2D eigenvalue weighted by Crippen LogP contribution is 2.28. The third-order valence-electron chi connectivity index (χ3n) is 9.06. The second-order valence-electron chi connectivity index (χ2n) is 12.3. The van der Waals surface area contributed by atoms with Crippen molar-refractivity contribution in [2.45, 2.75) is 46.6 Å². The van der Waals surface area contributed by atoms with Crippen LogP contribution in [-0.2, 0) is 29.7 Å². The molecule has 0 unspecified atom stereocenters. The molecule has 0 spiro atoms. The van der Waals surface area contributed by atoms with Crippen LogP contribution in [-0.4, -0.2) is 75.1 Å². The summed E-state index contributed by atoms with van der Waals surface area (Å²) in [6.07, 6.45) is 3.44. The maximum absolute atomic E-state index is 13.4. The Morgan fingerprint density at radius 2 is 1.81 bits per heavy atom. The highest BCUT2D eigenvalue weighted by Gasteiger charge is 2.36. The van der Waals surface area contributed by atoms with Crippen LogP contribution in [0.4, 0.5) is 19.5 Å². The third kappa shape index (κ3) is 6.49. The van der Waals surface area contributed by atoms with E-state index in [1.807, 2.05) is 30.9 Å². The van der Waals surface area contributed by atoms with Gasteiger partial charge in [-0.2, -0.15) is 8.78 Å². The van der Waals surface area contributed by atoms with E-state index in [1.54, 1.807) is 49.2 Å². The lowest BCUT2D eigenvalue weighted by Crippen LogP contribution is -2.52. The lowest BCUT2D eigenvalue weighted by molar-refractivity contribution is -0.150. The van der Waals surface area contributed by atoms with E-state index in [-0.39, 0.29) is 54.3 Å². The highest BCUT2D eigenvalue weighted by atomic mass is 19.3. The Morgan fingerprint density at radius 1 is 1.04 bits per heavy atom. The summed E-state index contributed by atoms with van der Waals surface area (Å²) in [4.78, 5) is 50.7. The number of nitrogens with zero attached hydrogens (tertiary/aromatic N) is 6. The number of carbonyl (C=O) groups excluding carboxylic acids is 2. The van der Waals surface area contributed by atoms with E-state index in [9.17, 15) is 23.2 Å². The Kier molecular flexibility index (Phi) is 8.84. The zero-order valence-electron chi connectivity index (χ0n) is 26.7. The minimum Gasteiger partial charge on any atom is -0.461 e. The van der Waals surface area contributed by atoms with Gasteiger partial charge in [-0.3, -0.25) is 19.0 Å². The molecule has 0 aliphatic carbocycles. The fourth-order valence-corrected chi connectivity index (χ4v) is 5.94. The largest absolute Gasteiger partial charge is 0.461 e. The number of benzene rings is 2. The predicted octanol–water partition coefficient (Wildman–Crippen LogP) is 4.00. The molecule has 0 bridgehead atoms. The molecule has 4 aromatic rings. The molecule has 2 aliphatic rings. The summed E-state index contributed by atoms with van der Waals surface area (Å²) in [6.45, 7) is 5.06. The molecule has 14 heteroatoms. The topological polar surface area (TPSA) is 124 Å². The minimum atomic E-state index is -3.05. The van der Waals surface area contributed by atoms with Crippen LogP contribution in [0.25, 0.3) is 22.0 Å². The van der Waals surface area contributed by atoms with Crippen molar-refractivity contribution in [1.29, 1.82) is 0 Å². The van der Waals surface area contributed by atoms with Gasteiger partial charge in [0.2, 0.25) is 5.95 Å². The highest BCUT2D eigenvalue weighted by molar-refractivity contribution is 5.84. The number of esters is 1. The number of hydrogen-bond acceptors (Lipinski definition) is 8. The van der Waals surface area contributed by atoms with E-state index in [4.69, 9.17) is 9.47 Å². The molecule has 0 saturated carbocycles. The summed E-state index contributed by atoms with van der Waals surface area (Å²) in [6, 6.07) is 10.1. The van der Waals surface area contributed by atoms with Crippen molar-refractivity contribution in [2.24, 2.45) is 18.9 Å². The average molecular weight is 650 g/mol. The first-order valence-electron chi connectivity index (χ1n) is 15.5. The van der Waals surface area contributed by atoms with Crippen LogP contribution in [0.3, 0.4) is 0 Å².